The first-order valence-electron chi connectivity index (χ1n) is 6.25. The highest BCUT2D eigenvalue weighted by Gasteiger charge is 1.98. The van der Waals surface area contributed by atoms with Crippen molar-refractivity contribution in [2.45, 2.75) is 19.9 Å². The highest BCUT2D eigenvalue weighted by atomic mass is 16.5. The second kappa shape index (κ2) is 8.53. The fourth-order valence-electron chi connectivity index (χ4n) is 1.65. The van der Waals surface area contributed by atoms with E-state index in [1.165, 1.54) is 11.1 Å². The van der Waals surface area contributed by atoms with Crippen molar-refractivity contribution in [3.8, 4) is 0 Å². The number of aliphatic imine (C=N–C) groups is 1. The lowest BCUT2D eigenvalue weighted by Gasteiger charge is -2.12. The Balaban J connectivity index is 2.31. The van der Waals surface area contributed by atoms with Crippen molar-refractivity contribution in [1.29, 1.82) is 0 Å². The number of guanidine groups is 1. The fraction of sp³-hybridized carbons (Fsp3) is 0.500. The second-order valence-corrected chi connectivity index (χ2v) is 4.19. The summed E-state index contributed by atoms with van der Waals surface area (Å²) in [5.74, 6) is 0.826. The van der Waals surface area contributed by atoms with Gasteiger partial charge in [0.15, 0.2) is 5.96 Å². The molecule has 0 saturated heterocycles. The molecule has 0 heterocycles. The molecule has 0 saturated carbocycles. The monoisotopic (exact) mass is 249 g/mol. The van der Waals surface area contributed by atoms with Crippen LogP contribution in [0, 0.1) is 6.92 Å². The predicted molar refractivity (Wildman–Crippen MR) is 75.9 cm³/mol. The Morgan fingerprint density at radius 3 is 2.83 bits per heavy atom. The molecule has 1 rings (SSSR count). The molecule has 18 heavy (non-hydrogen) atoms. The Kier molecular flexibility index (Phi) is 6.87. The third-order valence-corrected chi connectivity index (χ3v) is 2.58. The Hall–Kier alpha value is -1.55. The number of hydrogen-bond donors (Lipinski definition) is 2. The molecule has 0 aliphatic carbocycles. The SMILES string of the molecule is CN=C(NCCCOC)NCc1cccc(C)c1. The van der Waals surface area contributed by atoms with Crippen molar-refractivity contribution in [2.75, 3.05) is 27.3 Å². The van der Waals surface area contributed by atoms with E-state index in [0.29, 0.717) is 0 Å². The van der Waals surface area contributed by atoms with Crippen molar-refractivity contribution in [2.24, 2.45) is 4.99 Å². The van der Waals surface area contributed by atoms with E-state index in [9.17, 15) is 0 Å². The van der Waals surface area contributed by atoms with Gasteiger partial charge < -0.3 is 15.4 Å². The standard InChI is InChI=1S/C14H23N3O/c1-12-6-4-7-13(10-12)11-17-14(15-2)16-8-5-9-18-3/h4,6-7,10H,5,8-9,11H2,1-3H3,(H2,15,16,17). The third-order valence-electron chi connectivity index (χ3n) is 2.58. The van der Waals surface area contributed by atoms with Crippen LogP contribution < -0.4 is 10.6 Å². The summed E-state index contributed by atoms with van der Waals surface area (Å²) in [7, 11) is 3.49. The molecule has 1 aromatic carbocycles. The lowest BCUT2D eigenvalue weighted by molar-refractivity contribution is 0.195. The van der Waals surface area contributed by atoms with Crippen LogP contribution in [0.1, 0.15) is 17.5 Å². The molecule has 0 unspecified atom stereocenters. The van der Waals surface area contributed by atoms with Gasteiger partial charge in [-0.3, -0.25) is 4.99 Å². The molecule has 100 valence electrons. The maximum atomic E-state index is 5.00. The highest BCUT2D eigenvalue weighted by molar-refractivity contribution is 5.79. The van der Waals surface area contributed by atoms with Crippen molar-refractivity contribution >= 4 is 5.96 Å². The molecule has 0 spiro atoms. The van der Waals surface area contributed by atoms with E-state index in [1.54, 1.807) is 14.2 Å². The smallest absolute Gasteiger partial charge is 0.191 e. The second-order valence-electron chi connectivity index (χ2n) is 4.19. The molecule has 4 heteroatoms. The quantitative estimate of drug-likeness (QED) is 0.458. The molecule has 0 amide bonds. The van der Waals surface area contributed by atoms with E-state index in [4.69, 9.17) is 4.74 Å². The third kappa shape index (κ3) is 5.68. The van der Waals surface area contributed by atoms with Crippen LogP contribution in [0.3, 0.4) is 0 Å². The van der Waals surface area contributed by atoms with Crippen LogP contribution in [0.2, 0.25) is 0 Å². The summed E-state index contributed by atoms with van der Waals surface area (Å²) in [5, 5.41) is 6.54. The number of methoxy groups -OCH3 is 1. The minimum atomic E-state index is 0.766. The van der Waals surface area contributed by atoms with E-state index in [2.05, 4.69) is 46.8 Å². The number of nitrogens with one attached hydrogen (secondary N) is 2. The largest absolute Gasteiger partial charge is 0.385 e. The van der Waals surface area contributed by atoms with Gasteiger partial charge in [-0.25, -0.2) is 0 Å². The van der Waals surface area contributed by atoms with Gasteiger partial charge in [0.1, 0.15) is 0 Å². The topological polar surface area (TPSA) is 45.7 Å². The zero-order valence-electron chi connectivity index (χ0n) is 11.5. The van der Waals surface area contributed by atoms with Gasteiger partial charge in [-0.05, 0) is 18.9 Å². The van der Waals surface area contributed by atoms with Gasteiger partial charge in [-0.1, -0.05) is 29.8 Å². The summed E-state index contributed by atoms with van der Waals surface area (Å²) in [6.45, 7) is 4.51. The Morgan fingerprint density at radius 2 is 2.17 bits per heavy atom. The molecule has 4 nitrogen and oxygen atoms in total. The van der Waals surface area contributed by atoms with Crippen molar-refractivity contribution < 1.29 is 4.74 Å². The normalized spacial score (nSPS) is 11.4. The van der Waals surface area contributed by atoms with Crippen LogP contribution in [0.15, 0.2) is 29.3 Å². The summed E-state index contributed by atoms with van der Waals surface area (Å²) in [6.07, 6.45) is 0.974. The number of aryl methyl sites for hydroxylation is 1. The highest BCUT2D eigenvalue weighted by Crippen LogP contribution is 2.02. The van der Waals surface area contributed by atoms with E-state index in [-0.39, 0.29) is 0 Å². The summed E-state index contributed by atoms with van der Waals surface area (Å²) in [4.78, 5) is 4.18. The lowest BCUT2D eigenvalue weighted by Crippen LogP contribution is -2.37. The molecular formula is C14H23N3O. The fourth-order valence-corrected chi connectivity index (χ4v) is 1.65. The molecule has 1 aromatic rings. The summed E-state index contributed by atoms with van der Waals surface area (Å²) >= 11 is 0. The minimum Gasteiger partial charge on any atom is -0.385 e. The van der Waals surface area contributed by atoms with Gasteiger partial charge >= 0.3 is 0 Å². The molecule has 0 fully saturated rings. The van der Waals surface area contributed by atoms with Gasteiger partial charge in [-0.2, -0.15) is 0 Å². The Bertz CT molecular complexity index is 377. The number of benzene rings is 1. The summed E-state index contributed by atoms with van der Waals surface area (Å²) in [5.41, 5.74) is 2.53. The molecule has 0 aliphatic heterocycles. The van der Waals surface area contributed by atoms with Crippen molar-refractivity contribution in [1.82, 2.24) is 10.6 Å². The van der Waals surface area contributed by atoms with E-state index < -0.39 is 0 Å². The molecule has 0 aromatic heterocycles. The number of hydrogen-bond acceptors (Lipinski definition) is 2. The average molecular weight is 249 g/mol. The Labute approximate surface area is 109 Å². The maximum absolute atomic E-state index is 5.00. The molecule has 0 radical (unpaired) electrons. The van der Waals surface area contributed by atoms with Gasteiger partial charge in [0, 0.05) is 33.9 Å². The lowest BCUT2D eigenvalue weighted by atomic mass is 10.1. The maximum Gasteiger partial charge on any atom is 0.191 e. The zero-order valence-corrected chi connectivity index (χ0v) is 11.5. The van der Waals surface area contributed by atoms with Crippen molar-refractivity contribution in [3.63, 3.8) is 0 Å². The van der Waals surface area contributed by atoms with Crippen LogP contribution in [-0.2, 0) is 11.3 Å². The number of nitrogens with zero attached hydrogens (tertiary/aromatic N) is 1. The van der Waals surface area contributed by atoms with Gasteiger partial charge in [0.05, 0.1) is 0 Å². The molecule has 2 N–H and O–H groups in total. The number of ether oxygens (including phenoxy) is 1. The number of rotatable bonds is 6. The van der Waals surface area contributed by atoms with Gasteiger partial charge in [-0.15, -0.1) is 0 Å². The van der Waals surface area contributed by atoms with Crippen LogP contribution in [0.5, 0.6) is 0 Å². The van der Waals surface area contributed by atoms with Crippen LogP contribution in [0.25, 0.3) is 0 Å². The van der Waals surface area contributed by atoms with Crippen LogP contribution in [-0.4, -0.2) is 33.3 Å². The Morgan fingerprint density at radius 1 is 1.33 bits per heavy atom. The van der Waals surface area contributed by atoms with Gasteiger partial charge in [0.2, 0.25) is 0 Å². The predicted octanol–water partition coefficient (Wildman–Crippen LogP) is 1.70. The first-order valence-corrected chi connectivity index (χ1v) is 6.25. The average Bonchev–Trinajstić information content (AvgIpc) is 2.38. The molecule has 0 atom stereocenters. The molecular weight excluding hydrogens is 226 g/mol. The van der Waals surface area contributed by atoms with Crippen LogP contribution in [0.4, 0.5) is 0 Å². The molecule has 0 bridgehead atoms. The summed E-state index contributed by atoms with van der Waals surface area (Å²) in [6, 6.07) is 8.45. The first-order chi connectivity index (χ1) is 8.76. The van der Waals surface area contributed by atoms with Crippen molar-refractivity contribution in [3.05, 3.63) is 35.4 Å². The van der Waals surface area contributed by atoms with E-state index >= 15 is 0 Å². The zero-order chi connectivity index (χ0) is 13.2. The molecule has 0 aliphatic rings. The van der Waals surface area contributed by atoms with E-state index in [0.717, 1.165) is 32.1 Å². The minimum absolute atomic E-state index is 0.766. The van der Waals surface area contributed by atoms with Crippen LogP contribution >= 0.6 is 0 Å². The van der Waals surface area contributed by atoms with E-state index in [1.807, 2.05) is 0 Å². The first kappa shape index (κ1) is 14.5. The van der Waals surface area contributed by atoms with Gasteiger partial charge in [0.25, 0.3) is 0 Å². The summed E-state index contributed by atoms with van der Waals surface area (Å²) < 4.78 is 5.00.